The summed E-state index contributed by atoms with van der Waals surface area (Å²) in [6.45, 7) is 3.66. The Balaban J connectivity index is 1.52. The first-order valence-electron chi connectivity index (χ1n) is 12.9. The number of urea groups is 1. The number of hydrogen-bond acceptors (Lipinski definition) is 4. The second-order valence-corrected chi connectivity index (χ2v) is 10.6. The summed E-state index contributed by atoms with van der Waals surface area (Å²) in [4.78, 5) is 30.0. The molecule has 0 spiro atoms. The number of likely N-dealkylation sites (N-methyl/N-ethyl adjacent to an activating group) is 1. The van der Waals surface area contributed by atoms with Gasteiger partial charge < -0.3 is 15.1 Å². The van der Waals surface area contributed by atoms with Crippen LogP contribution in [-0.4, -0.2) is 64.7 Å². The molecular formula is C28H34Cl2N6O2. The molecule has 2 aromatic carbocycles. The van der Waals surface area contributed by atoms with Gasteiger partial charge in [-0.1, -0.05) is 54.7 Å². The normalized spacial score (nSPS) is 15.2. The van der Waals surface area contributed by atoms with E-state index in [4.69, 9.17) is 28.3 Å². The molecule has 1 aliphatic rings. The zero-order valence-corrected chi connectivity index (χ0v) is 23.5. The number of amides is 3. The van der Waals surface area contributed by atoms with Crippen LogP contribution in [0, 0.1) is 0 Å². The van der Waals surface area contributed by atoms with Crippen molar-refractivity contribution in [1.29, 1.82) is 0 Å². The molecule has 4 rings (SSSR count). The summed E-state index contributed by atoms with van der Waals surface area (Å²) in [7, 11) is 4.10. The van der Waals surface area contributed by atoms with Crippen molar-refractivity contribution in [2.45, 2.75) is 45.1 Å². The van der Waals surface area contributed by atoms with Gasteiger partial charge in [-0.05, 0) is 63.2 Å². The molecule has 0 bridgehead atoms. The van der Waals surface area contributed by atoms with E-state index in [-0.39, 0.29) is 10.9 Å². The first-order valence-corrected chi connectivity index (χ1v) is 13.6. The maximum absolute atomic E-state index is 13.0. The van der Waals surface area contributed by atoms with Gasteiger partial charge in [-0.15, -0.1) is 0 Å². The lowest BCUT2D eigenvalue weighted by molar-refractivity contribution is -0.129. The Bertz CT molecular complexity index is 1290. The molecule has 0 radical (unpaired) electrons. The first kappa shape index (κ1) is 28.0. The second kappa shape index (κ2) is 12.7. The van der Waals surface area contributed by atoms with Crippen molar-refractivity contribution in [3.05, 3.63) is 69.8 Å². The molecule has 1 fully saturated rings. The molecule has 2 heterocycles. The number of halogens is 2. The van der Waals surface area contributed by atoms with Gasteiger partial charge in [-0.3, -0.25) is 10.1 Å². The standard InChI is InChI=1S/C28H34Cl2N6O2/c1-4-5-9-20-17-25(32-28(38)31-24-12-7-11-23(29)27(24)30)36(33-20)21-10-6-8-19(15-21)16-26(37)35-14-13-22(18-35)34(2)3/h6-8,10-12,15,17,22H,4-5,9,13-14,16,18H2,1-3H3,(H2,31,32,38). The first-order chi connectivity index (χ1) is 18.2. The van der Waals surface area contributed by atoms with Gasteiger partial charge in [0.05, 0.1) is 33.5 Å². The number of carbonyl (C=O) groups excluding carboxylic acids is 2. The molecule has 1 aliphatic heterocycles. The Morgan fingerprint density at radius 1 is 1.11 bits per heavy atom. The van der Waals surface area contributed by atoms with Gasteiger partial charge in [-0.2, -0.15) is 5.10 Å². The maximum atomic E-state index is 13.0. The van der Waals surface area contributed by atoms with Crippen LogP contribution in [0.1, 0.15) is 37.4 Å². The number of unbranched alkanes of at least 4 members (excludes halogenated alkanes) is 1. The molecule has 202 valence electrons. The lowest BCUT2D eigenvalue weighted by Crippen LogP contribution is -2.35. The summed E-state index contributed by atoms with van der Waals surface area (Å²) in [6.07, 6.45) is 4.11. The van der Waals surface area contributed by atoms with E-state index >= 15 is 0 Å². The van der Waals surface area contributed by atoms with E-state index in [1.54, 1.807) is 22.9 Å². The quantitative estimate of drug-likeness (QED) is 0.345. The molecule has 1 unspecified atom stereocenters. The van der Waals surface area contributed by atoms with Crippen LogP contribution < -0.4 is 10.6 Å². The zero-order chi connectivity index (χ0) is 27.2. The lowest BCUT2D eigenvalue weighted by atomic mass is 10.1. The number of carbonyl (C=O) groups is 2. The van der Waals surface area contributed by atoms with Gasteiger partial charge in [0.1, 0.15) is 5.82 Å². The summed E-state index contributed by atoms with van der Waals surface area (Å²) >= 11 is 12.3. The molecule has 0 saturated carbocycles. The summed E-state index contributed by atoms with van der Waals surface area (Å²) < 4.78 is 1.70. The van der Waals surface area contributed by atoms with Gasteiger partial charge in [0.2, 0.25) is 5.91 Å². The summed E-state index contributed by atoms with van der Waals surface area (Å²) in [5.41, 5.74) is 2.94. The number of likely N-dealkylation sites (tertiary alicyclic amines) is 1. The largest absolute Gasteiger partial charge is 0.341 e. The SMILES string of the molecule is CCCCc1cc(NC(=O)Nc2cccc(Cl)c2Cl)n(-c2cccc(CC(=O)N3CCC(N(C)C)C3)c2)n1. The van der Waals surface area contributed by atoms with E-state index in [0.29, 0.717) is 29.0 Å². The Hall–Kier alpha value is -3.07. The van der Waals surface area contributed by atoms with Crippen LogP contribution in [0.3, 0.4) is 0 Å². The third-order valence-electron chi connectivity index (χ3n) is 6.74. The summed E-state index contributed by atoms with van der Waals surface area (Å²) in [6, 6.07) is 14.6. The van der Waals surface area contributed by atoms with Crippen molar-refractivity contribution >= 4 is 46.6 Å². The van der Waals surface area contributed by atoms with Crippen LogP contribution in [0.25, 0.3) is 5.69 Å². The fraction of sp³-hybridized carbons (Fsp3) is 0.393. The monoisotopic (exact) mass is 556 g/mol. The van der Waals surface area contributed by atoms with E-state index in [1.165, 1.54) is 0 Å². The van der Waals surface area contributed by atoms with Crippen molar-refractivity contribution in [1.82, 2.24) is 19.6 Å². The number of aromatic nitrogens is 2. The number of rotatable bonds is 9. The molecule has 10 heteroatoms. The van der Waals surface area contributed by atoms with E-state index in [2.05, 4.69) is 36.6 Å². The maximum Gasteiger partial charge on any atom is 0.324 e. The van der Waals surface area contributed by atoms with Crippen LogP contribution in [0.5, 0.6) is 0 Å². The summed E-state index contributed by atoms with van der Waals surface area (Å²) in [5, 5.41) is 11.0. The molecule has 1 saturated heterocycles. The number of anilines is 2. The average Bonchev–Trinajstić information content (AvgIpc) is 3.54. The number of benzene rings is 2. The highest BCUT2D eigenvalue weighted by Gasteiger charge is 2.27. The molecule has 3 aromatic rings. The van der Waals surface area contributed by atoms with Gasteiger partial charge in [0, 0.05) is 25.2 Å². The van der Waals surface area contributed by atoms with E-state index < -0.39 is 6.03 Å². The minimum Gasteiger partial charge on any atom is -0.341 e. The van der Waals surface area contributed by atoms with Crippen molar-refractivity contribution in [3.8, 4) is 5.69 Å². The minimum absolute atomic E-state index is 0.117. The van der Waals surface area contributed by atoms with Crippen molar-refractivity contribution in [3.63, 3.8) is 0 Å². The fourth-order valence-corrected chi connectivity index (χ4v) is 4.89. The molecular weight excluding hydrogens is 523 g/mol. The van der Waals surface area contributed by atoms with Crippen molar-refractivity contribution in [2.75, 3.05) is 37.8 Å². The number of aryl methyl sites for hydroxylation is 1. The van der Waals surface area contributed by atoms with Crippen LogP contribution in [0.2, 0.25) is 10.0 Å². The Morgan fingerprint density at radius 2 is 1.89 bits per heavy atom. The van der Waals surface area contributed by atoms with Gasteiger partial charge in [0.25, 0.3) is 0 Å². The molecule has 1 atom stereocenters. The van der Waals surface area contributed by atoms with Gasteiger partial charge in [0.15, 0.2) is 0 Å². The highest BCUT2D eigenvalue weighted by atomic mass is 35.5. The van der Waals surface area contributed by atoms with Gasteiger partial charge in [-0.25, -0.2) is 9.48 Å². The van der Waals surface area contributed by atoms with Crippen molar-refractivity contribution < 1.29 is 9.59 Å². The molecule has 1 aromatic heterocycles. The third kappa shape index (κ3) is 6.87. The van der Waals surface area contributed by atoms with E-state index in [0.717, 1.165) is 55.7 Å². The molecule has 38 heavy (non-hydrogen) atoms. The molecule has 0 aliphatic carbocycles. The van der Waals surface area contributed by atoms with Gasteiger partial charge >= 0.3 is 6.03 Å². The summed E-state index contributed by atoms with van der Waals surface area (Å²) in [5.74, 6) is 0.635. The molecule has 2 N–H and O–H groups in total. The average molecular weight is 558 g/mol. The van der Waals surface area contributed by atoms with Crippen LogP contribution in [-0.2, 0) is 17.6 Å². The molecule has 3 amide bonds. The zero-order valence-electron chi connectivity index (χ0n) is 22.0. The smallest absolute Gasteiger partial charge is 0.324 e. The van der Waals surface area contributed by atoms with Crippen LogP contribution in [0.15, 0.2) is 48.5 Å². The Labute approximate surface area is 233 Å². The lowest BCUT2D eigenvalue weighted by Gasteiger charge is -2.20. The number of hydrogen-bond donors (Lipinski definition) is 2. The number of nitrogens with one attached hydrogen (secondary N) is 2. The topological polar surface area (TPSA) is 82.5 Å². The third-order valence-corrected chi connectivity index (χ3v) is 7.56. The second-order valence-electron chi connectivity index (χ2n) is 9.81. The highest BCUT2D eigenvalue weighted by Crippen LogP contribution is 2.30. The Morgan fingerprint density at radius 3 is 2.63 bits per heavy atom. The Kier molecular flexibility index (Phi) is 9.31. The fourth-order valence-electron chi connectivity index (χ4n) is 4.54. The van der Waals surface area contributed by atoms with E-state index in [1.807, 2.05) is 35.2 Å². The van der Waals surface area contributed by atoms with Crippen molar-refractivity contribution in [2.24, 2.45) is 0 Å². The van der Waals surface area contributed by atoms with E-state index in [9.17, 15) is 9.59 Å². The minimum atomic E-state index is -0.465. The molecule has 8 nitrogen and oxygen atoms in total. The van der Waals surface area contributed by atoms with Crippen LogP contribution in [0.4, 0.5) is 16.3 Å². The predicted octanol–water partition coefficient (Wildman–Crippen LogP) is 5.87. The number of nitrogens with zero attached hydrogens (tertiary/aromatic N) is 4. The van der Waals surface area contributed by atoms with Crippen LogP contribution >= 0.6 is 23.2 Å². The predicted molar refractivity (Wildman–Crippen MR) is 154 cm³/mol. The highest BCUT2D eigenvalue weighted by molar-refractivity contribution is 6.44.